The fraction of sp³-hybridized carbons (Fsp3) is 0.500. The largest absolute Gasteiger partial charge is 0.406 e. The first-order chi connectivity index (χ1) is 9.92. The van der Waals surface area contributed by atoms with Gasteiger partial charge >= 0.3 is 6.18 Å². The van der Waals surface area contributed by atoms with E-state index >= 15 is 0 Å². The number of amides is 1. The van der Waals surface area contributed by atoms with E-state index in [2.05, 4.69) is 5.32 Å². The second-order valence-electron chi connectivity index (χ2n) is 4.95. The van der Waals surface area contributed by atoms with Gasteiger partial charge in [0, 0.05) is 18.8 Å². The molecule has 0 bridgehead atoms. The number of aliphatic hydroxyl groups excluding tert-OH is 1. The standard InChI is InChI=1S/C14H17F3N2O2/c15-14(16,17)9-19(7-8-20)13(21)11-5-6-18-12-4-2-1-3-10(11)12/h1-4,11,18,20H,5-9H2. The summed E-state index contributed by atoms with van der Waals surface area (Å²) in [6.45, 7) is -1.61. The Kier molecular flexibility index (Phi) is 4.72. The second-order valence-corrected chi connectivity index (χ2v) is 4.95. The Labute approximate surface area is 120 Å². The number of anilines is 1. The highest BCUT2D eigenvalue weighted by Gasteiger charge is 2.36. The van der Waals surface area contributed by atoms with E-state index in [-0.39, 0.29) is 6.54 Å². The number of aliphatic hydroxyl groups is 1. The molecule has 1 aromatic carbocycles. The average molecular weight is 302 g/mol. The van der Waals surface area contributed by atoms with Crippen molar-refractivity contribution in [3.8, 4) is 0 Å². The minimum Gasteiger partial charge on any atom is -0.395 e. The first-order valence-corrected chi connectivity index (χ1v) is 6.71. The van der Waals surface area contributed by atoms with E-state index in [1.165, 1.54) is 0 Å². The molecule has 0 saturated heterocycles. The van der Waals surface area contributed by atoms with Crippen molar-refractivity contribution < 1.29 is 23.1 Å². The van der Waals surface area contributed by atoms with Gasteiger partial charge < -0.3 is 15.3 Å². The highest BCUT2D eigenvalue weighted by Crippen LogP contribution is 2.33. The van der Waals surface area contributed by atoms with Crippen molar-refractivity contribution in [2.45, 2.75) is 18.5 Å². The minimum absolute atomic E-state index is 0.315. The maximum Gasteiger partial charge on any atom is 0.406 e. The lowest BCUT2D eigenvalue weighted by Gasteiger charge is -2.31. The summed E-state index contributed by atoms with van der Waals surface area (Å²) in [7, 11) is 0. The van der Waals surface area contributed by atoms with Gasteiger partial charge in [0.2, 0.25) is 5.91 Å². The van der Waals surface area contributed by atoms with Gasteiger partial charge in [-0.2, -0.15) is 13.2 Å². The number of fused-ring (bicyclic) bond motifs is 1. The molecule has 0 aromatic heterocycles. The molecule has 1 amide bonds. The highest BCUT2D eigenvalue weighted by atomic mass is 19.4. The predicted octanol–water partition coefficient (Wildman–Crippen LogP) is 1.97. The van der Waals surface area contributed by atoms with Crippen molar-refractivity contribution in [3.05, 3.63) is 29.8 Å². The summed E-state index contributed by atoms with van der Waals surface area (Å²) in [5, 5.41) is 12.0. The third kappa shape index (κ3) is 3.87. The van der Waals surface area contributed by atoms with Crippen LogP contribution in [-0.2, 0) is 4.79 Å². The summed E-state index contributed by atoms with van der Waals surface area (Å²) in [5.41, 5.74) is 1.48. The third-order valence-corrected chi connectivity index (χ3v) is 3.43. The number of carbonyl (C=O) groups is 1. The van der Waals surface area contributed by atoms with E-state index in [4.69, 9.17) is 5.11 Å². The average Bonchev–Trinajstić information content (AvgIpc) is 2.44. The lowest BCUT2D eigenvalue weighted by atomic mass is 9.89. The van der Waals surface area contributed by atoms with Crippen molar-refractivity contribution >= 4 is 11.6 Å². The molecule has 0 spiro atoms. The number of nitrogens with one attached hydrogen (secondary N) is 1. The summed E-state index contributed by atoms with van der Waals surface area (Å²) in [6.07, 6.45) is -4.03. The number of benzene rings is 1. The van der Waals surface area contributed by atoms with Crippen molar-refractivity contribution in [1.82, 2.24) is 4.90 Å². The van der Waals surface area contributed by atoms with Crippen molar-refractivity contribution in [2.75, 3.05) is 31.6 Å². The van der Waals surface area contributed by atoms with Crippen LogP contribution in [0.1, 0.15) is 17.9 Å². The normalized spacial score (nSPS) is 17.8. The molecular formula is C14H17F3N2O2. The van der Waals surface area contributed by atoms with Gasteiger partial charge in [-0.25, -0.2) is 0 Å². The molecule has 1 aromatic rings. The molecule has 0 aliphatic carbocycles. The van der Waals surface area contributed by atoms with Crippen LogP contribution in [0.15, 0.2) is 24.3 Å². The molecule has 1 unspecified atom stereocenters. The summed E-state index contributed by atoms with van der Waals surface area (Å²) in [5.74, 6) is -1.19. The number of para-hydroxylation sites is 1. The molecule has 1 aliphatic heterocycles. The number of alkyl halides is 3. The van der Waals surface area contributed by atoms with Crippen LogP contribution in [-0.4, -0.2) is 48.3 Å². The van der Waals surface area contributed by atoms with Gasteiger partial charge in [0.05, 0.1) is 12.5 Å². The quantitative estimate of drug-likeness (QED) is 0.894. The van der Waals surface area contributed by atoms with Gasteiger partial charge in [0.25, 0.3) is 0 Å². The molecule has 1 atom stereocenters. The molecular weight excluding hydrogens is 285 g/mol. The van der Waals surface area contributed by atoms with E-state index in [1.54, 1.807) is 24.3 Å². The Morgan fingerprint density at radius 3 is 2.76 bits per heavy atom. The molecule has 2 rings (SSSR count). The zero-order valence-corrected chi connectivity index (χ0v) is 11.4. The summed E-state index contributed by atoms with van der Waals surface area (Å²) >= 11 is 0. The van der Waals surface area contributed by atoms with Crippen LogP contribution in [0.2, 0.25) is 0 Å². The first-order valence-electron chi connectivity index (χ1n) is 6.71. The molecule has 7 heteroatoms. The molecule has 1 heterocycles. The Bertz CT molecular complexity index is 505. The molecule has 4 nitrogen and oxygen atoms in total. The molecule has 1 aliphatic rings. The van der Waals surface area contributed by atoms with E-state index in [0.717, 1.165) is 5.69 Å². The number of nitrogens with zero attached hydrogens (tertiary/aromatic N) is 1. The minimum atomic E-state index is -4.47. The zero-order chi connectivity index (χ0) is 15.5. The predicted molar refractivity (Wildman–Crippen MR) is 72.0 cm³/mol. The monoisotopic (exact) mass is 302 g/mol. The Balaban J connectivity index is 2.21. The Morgan fingerprint density at radius 2 is 2.10 bits per heavy atom. The molecule has 2 N–H and O–H groups in total. The topological polar surface area (TPSA) is 52.6 Å². The number of rotatable bonds is 4. The molecule has 0 radical (unpaired) electrons. The van der Waals surface area contributed by atoms with Crippen LogP contribution >= 0.6 is 0 Å². The van der Waals surface area contributed by atoms with E-state index in [0.29, 0.717) is 23.4 Å². The second kappa shape index (κ2) is 6.34. The van der Waals surface area contributed by atoms with Gasteiger partial charge in [0.1, 0.15) is 6.54 Å². The highest BCUT2D eigenvalue weighted by molar-refractivity contribution is 5.86. The van der Waals surface area contributed by atoms with E-state index < -0.39 is 31.2 Å². The fourth-order valence-corrected chi connectivity index (χ4v) is 2.55. The summed E-state index contributed by atoms with van der Waals surface area (Å²) in [4.78, 5) is 13.1. The maximum absolute atomic E-state index is 12.6. The SMILES string of the molecule is O=C(C1CCNc2ccccc21)N(CCO)CC(F)(F)F. The Hall–Kier alpha value is -1.76. The lowest BCUT2D eigenvalue weighted by molar-refractivity contribution is -0.163. The number of hydrogen-bond acceptors (Lipinski definition) is 3. The van der Waals surface area contributed by atoms with Crippen LogP contribution in [0.5, 0.6) is 0 Å². The first kappa shape index (κ1) is 15.6. The molecule has 0 saturated carbocycles. The van der Waals surface area contributed by atoms with Gasteiger partial charge in [-0.3, -0.25) is 4.79 Å². The van der Waals surface area contributed by atoms with Crippen LogP contribution in [0.4, 0.5) is 18.9 Å². The maximum atomic E-state index is 12.6. The van der Waals surface area contributed by atoms with Gasteiger partial charge in [-0.15, -0.1) is 0 Å². The Morgan fingerprint density at radius 1 is 1.38 bits per heavy atom. The van der Waals surface area contributed by atoms with Crippen molar-refractivity contribution in [2.24, 2.45) is 0 Å². The van der Waals surface area contributed by atoms with Gasteiger partial charge in [-0.1, -0.05) is 18.2 Å². The third-order valence-electron chi connectivity index (χ3n) is 3.43. The number of carbonyl (C=O) groups excluding carboxylic acids is 1. The fourth-order valence-electron chi connectivity index (χ4n) is 2.55. The lowest BCUT2D eigenvalue weighted by Crippen LogP contribution is -2.44. The van der Waals surface area contributed by atoms with Gasteiger partial charge in [-0.05, 0) is 18.1 Å². The van der Waals surface area contributed by atoms with Crippen LogP contribution < -0.4 is 5.32 Å². The van der Waals surface area contributed by atoms with Gasteiger partial charge in [0.15, 0.2) is 0 Å². The number of halogens is 3. The van der Waals surface area contributed by atoms with Crippen LogP contribution in [0, 0.1) is 0 Å². The van der Waals surface area contributed by atoms with E-state index in [1.807, 2.05) is 0 Å². The van der Waals surface area contributed by atoms with Crippen molar-refractivity contribution in [3.63, 3.8) is 0 Å². The van der Waals surface area contributed by atoms with Crippen molar-refractivity contribution in [1.29, 1.82) is 0 Å². The molecule has 21 heavy (non-hydrogen) atoms. The number of hydrogen-bond donors (Lipinski definition) is 2. The smallest absolute Gasteiger partial charge is 0.395 e. The van der Waals surface area contributed by atoms with Crippen LogP contribution in [0.25, 0.3) is 0 Å². The zero-order valence-electron chi connectivity index (χ0n) is 11.4. The summed E-state index contributed by atoms with van der Waals surface area (Å²) in [6, 6.07) is 7.11. The van der Waals surface area contributed by atoms with Crippen LogP contribution in [0.3, 0.4) is 0 Å². The van der Waals surface area contributed by atoms with E-state index in [9.17, 15) is 18.0 Å². The summed E-state index contributed by atoms with van der Waals surface area (Å²) < 4.78 is 37.7. The molecule has 0 fully saturated rings. The molecule has 116 valence electrons.